The number of piperidine rings is 1. The topological polar surface area (TPSA) is 55.6 Å². The van der Waals surface area contributed by atoms with Crippen LogP contribution in [0.5, 0.6) is 0 Å². The Hall–Kier alpha value is -0.770. The van der Waals surface area contributed by atoms with Crippen LogP contribution in [0.15, 0.2) is 0 Å². The predicted molar refractivity (Wildman–Crippen MR) is 85.0 cm³/mol. The number of likely N-dealkylation sites (tertiary alicyclic amines) is 1. The lowest BCUT2D eigenvalue weighted by molar-refractivity contribution is 0.0159. The van der Waals surface area contributed by atoms with Gasteiger partial charge in [0.25, 0.3) is 0 Å². The molecule has 1 heterocycles. The summed E-state index contributed by atoms with van der Waals surface area (Å²) in [5, 5.41) is 0. The molecule has 0 aromatic carbocycles. The van der Waals surface area contributed by atoms with Gasteiger partial charge in [-0.1, -0.05) is 13.8 Å². The summed E-state index contributed by atoms with van der Waals surface area (Å²) in [6.45, 7) is 12.0. The maximum atomic E-state index is 12.1. The maximum Gasteiger partial charge on any atom is 0.410 e. The molecule has 2 N–H and O–H groups in total. The van der Waals surface area contributed by atoms with Crippen LogP contribution in [0, 0.1) is 17.3 Å². The second-order valence-corrected chi connectivity index (χ2v) is 8.47. The Kier molecular flexibility index (Phi) is 4.57. The Bertz CT molecular complexity index is 387. The minimum absolute atomic E-state index is 0.157. The fourth-order valence-corrected chi connectivity index (χ4v) is 3.55. The lowest BCUT2D eigenvalue weighted by atomic mass is 9.91. The van der Waals surface area contributed by atoms with E-state index in [-0.39, 0.29) is 6.09 Å². The minimum Gasteiger partial charge on any atom is -0.444 e. The second-order valence-electron chi connectivity index (χ2n) is 8.47. The second kappa shape index (κ2) is 5.79. The van der Waals surface area contributed by atoms with E-state index in [2.05, 4.69) is 13.8 Å². The number of carbonyl (C=O) groups excluding carboxylic acids is 1. The quantitative estimate of drug-likeness (QED) is 0.868. The van der Waals surface area contributed by atoms with Gasteiger partial charge in [0.05, 0.1) is 0 Å². The van der Waals surface area contributed by atoms with Crippen molar-refractivity contribution in [2.45, 2.75) is 71.9 Å². The van der Waals surface area contributed by atoms with Gasteiger partial charge in [-0.3, -0.25) is 0 Å². The van der Waals surface area contributed by atoms with Crippen molar-refractivity contribution in [3.63, 3.8) is 0 Å². The van der Waals surface area contributed by atoms with Crippen molar-refractivity contribution in [1.82, 2.24) is 4.90 Å². The molecule has 4 nitrogen and oxygen atoms in total. The Balaban J connectivity index is 1.77. The molecule has 3 atom stereocenters. The summed E-state index contributed by atoms with van der Waals surface area (Å²) in [5.41, 5.74) is 6.03. The van der Waals surface area contributed by atoms with E-state index in [9.17, 15) is 4.79 Å². The van der Waals surface area contributed by atoms with Crippen LogP contribution in [0.2, 0.25) is 0 Å². The molecule has 0 bridgehead atoms. The van der Waals surface area contributed by atoms with E-state index in [1.807, 2.05) is 25.7 Å². The SMILES string of the molecule is CC(C)(C)OC(=O)N1CCCC(CC[C@@H]2[C@@H](N)C2(C)C)C1. The van der Waals surface area contributed by atoms with Gasteiger partial charge in [0.2, 0.25) is 0 Å². The zero-order chi connectivity index (χ0) is 15.8. The van der Waals surface area contributed by atoms with Crippen molar-refractivity contribution in [3.05, 3.63) is 0 Å². The summed E-state index contributed by atoms with van der Waals surface area (Å²) in [6.07, 6.45) is 4.53. The molecule has 1 aliphatic heterocycles. The van der Waals surface area contributed by atoms with E-state index in [0.29, 0.717) is 23.3 Å². The first-order valence-electron chi connectivity index (χ1n) is 8.35. The number of rotatable bonds is 3. The molecule has 122 valence electrons. The smallest absolute Gasteiger partial charge is 0.410 e. The van der Waals surface area contributed by atoms with Crippen molar-refractivity contribution in [1.29, 1.82) is 0 Å². The van der Waals surface area contributed by atoms with Crippen molar-refractivity contribution in [2.75, 3.05) is 13.1 Å². The third-order valence-electron chi connectivity index (χ3n) is 5.20. The first kappa shape index (κ1) is 16.6. The standard InChI is InChI=1S/C17H32N2O2/c1-16(2,3)21-15(20)19-10-6-7-12(11-19)8-9-13-14(18)17(13,4)5/h12-14H,6-11,18H2,1-5H3/t12?,13-,14-/m1/s1. The molecule has 0 radical (unpaired) electrons. The van der Waals surface area contributed by atoms with Crippen LogP contribution < -0.4 is 5.73 Å². The molecule has 2 fully saturated rings. The normalized spacial score (nSPS) is 31.9. The number of carbonyl (C=O) groups is 1. The van der Waals surface area contributed by atoms with Crippen molar-refractivity contribution in [3.8, 4) is 0 Å². The third-order valence-corrected chi connectivity index (χ3v) is 5.20. The molecular formula is C17H32N2O2. The number of hydrogen-bond donors (Lipinski definition) is 1. The molecule has 1 saturated heterocycles. The van der Waals surface area contributed by atoms with Crippen LogP contribution in [-0.4, -0.2) is 35.7 Å². The van der Waals surface area contributed by atoms with E-state index in [4.69, 9.17) is 10.5 Å². The van der Waals surface area contributed by atoms with Gasteiger partial charge in [-0.2, -0.15) is 0 Å². The minimum atomic E-state index is -0.408. The average molecular weight is 296 g/mol. The van der Waals surface area contributed by atoms with Crippen LogP contribution in [0.3, 0.4) is 0 Å². The molecule has 1 aliphatic carbocycles. The van der Waals surface area contributed by atoms with Crippen LogP contribution in [0.25, 0.3) is 0 Å². The van der Waals surface area contributed by atoms with Gasteiger partial charge in [0.1, 0.15) is 5.60 Å². The third kappa shape index (κ3) is 4.12. The molecule has 0 aromatic heterocycles. The fraction of sp³-hybridized carbons (Fsp3) is 0.941. The Morgan fingerprint density at radius 2 is 1.95 bits per heavy atom. The van der Waals surface area contributed by atoms with Crippen molar-refractivity contribution in [2.24, 2.45) is 23.0 Å². The highest BCUT2D eigenvalue weighted by molar-refractivity contribution is 5.68. The molecule has 4 heteroatoms. The first-order chi connectivity index (χ1) is 9.61. The molecule has 21 heavy (non-hydrogen) atoms. The highest BCUT2D eigenvalue weighted by atomic mass is 16.6. The monoisotopic (exact) mass is 296 g/mol. The van der Waals surface area contributed by atoms with Crippen LogP contribution in [-0.2, 0) is 4.74 Å². The van der Waals surface area contributed by atoms with Gasteiger partial charge in [-0.05, 0) is 63.7 Å². The van der Waals surface area contributed by atoms with Crippen LogP contribution in [0.4, 0.5) is 4.79 Å². The van der Waals surface area contributed by atoms with E-state index in [1.54, 1.807) is 0 Å². The van der Waals surface area contributed by atoms with Gasteiger partial charge in [-0.25, -0.2) is 4.79 Å². The average Bonchev–Trinajstić information content (AvgIpc) is 2.84. The van der Waals surface area contributed by atoms with Crippen LogP contribution in [0.1, 0.15) is 60.3 Å². The largest absolute Gasteiger partial charge is 0.444 e. The van der Waals surface area contributed by atoms with Gasteiger partial charge in [0.15, 0.2) is 0 Å². The van der Waals surface area contributed by atoms with Crippen molar-refractivity contribution >= 4 is 6.09 Å². The summed E-state index contributed by atoms with van der Waals surface area (Å²) in [7, 11) is 0. The number of nitrogens with zero attached hydrogens (tertiary/aromatic N) is 1. The lowest BCUT2D eigenvalue weighted by Gasteiger charge is -2.34. The Morgan fingerprint density at radius 3 is 2.48 bits per heavy atom. The molecule has 2 rings (SSSR count). The zero-order valence-corrected chi connectivity index (χ0v) is 14.3. The number of ether oxygens (including phenoxy) is 1. The van der Waals surface area contributed by atoms with E-state index >= 15 is 0 Å². The van der Waals surface area contributed by atoms with Crippen molar-refractivity contribution < 1.29 is 9.53 Å². The first-order valence-corrected chi connectivity index (χ1v) is 8.35. The Morgan fingerprint density at radius 1 is 1.33 bits per heavy atom. The predicted octanol–water partition coefficient (Wildman–Crippen LogP) is 3.40. The maximum absolute atomic E-state index is 12.1. The van der Waals surface area contributed by atoms with E-state index in [0.717, 1.165) is 19.5 Å². The van der Waals surface area contributed by atoms with E-state index in [1.165, 1.54) is 19.3 Å². The molecule has 1 unspecified atom stereocenters. The van der Waals surface area contributed by atoms with E-state index < -0.39 is 5.60 Å². The molecular weight excluding hydrogens is 264 g/mol. The molecule has 1 amide bonds. The van der Waals surface area contributed by atoms with Gasteiger partial charge in [-0.15, -0.1) is 0 Å². The number of nitrogens with two attached hydrogens (primary N) is 1. The van der Waals surface area contributed by atoms with Gasteiger partial charge in [0, 0.05) is 19.1 Å². The summed E-state index contributed by atoms with van der Waals surface area (Å²) in [5.74, 6) is 1.27. The fourth-order valence-electron chi connectivity index (χ4n) is 3.55. The summed E-state index contributed by atoms with van der Waals surface area (Å²) >= 11 is 0. The summed E-state index contributed by atoms with van der Waals surface area (Å²) in [4.78, 5) is 14.0. The summed E-state index contributed by atoms with van der Waals surface area (Å²) < 4.78 is 5.48. The zero-order valence-electron chi connectivity index (χ0n) is 14.3. The number of amides is 1. The van der Waals surface area contributed by atoms with Gasteiger partial charge < -0.3 is 15.4 Å². The Labute approximate surface area is 129 Å². The molecule has 0 aromatic rings. The van der Waals surface area contributed by atoms with Crippen LogP contribution >= 0.6 is 0 Å². The lowest BCUT2D eigenvalue weighted by Crippen LogP contribution is -2.42. The highest BCUT2D eigenvalue weighted by Gasteiger charge is 2.54. The molecule has 2 aliphatic rings. The number of hydrogen-bond acceptors (Lipinski definition) is 3. The highest BCUT2D eigenvalue weighted by Crippen LogP contribution is 2.53. The summed E-state index contributed by atoms with van der Waals surface area (Å²) in [6, 6.07) is 0.364. The molecule has 1 saturated carbocycles. The van der Waals surface area contributed by atoms with Gasteiger partial charge >= 0.3 is 6.09 Å². The molecule has 0 spiro atoms.